The summed E-state index contributed by atoms with van der Waals surface area (Å²) in [5, 5.41) is 2.53. The molecule has 40 heavy (non-hydrogen) atoms. The van der Waals surface area contributed by atoms with Gasteiger partial charge in [0.05, 0.1) is 25.8 Å². The molecule has 0 atom stereocenters. The van der Waals surface area contributed by atoms with Crippen LogP contribution in [0.4, 0.5) is 4.79 Å². The maximum absolute atomic E-state index is 14.0. The summed E-state index contributed by atoms with van der Waals surface area (Å²) in [6.07, 6.45) is 1.20. The highest BCUT2D eigenvalue weighted by Gasteiger charge is 2.57. The van der Waals surface area contributed by atoms with Gasteiger partial charge < -0.3 is 18.9 Å². The molecule has 2 aliphatic heterocycles. The van der Waals surface area contributed by atoms with Crippen molar-refractivity contribution in [2.24, 2.45) is 7.05 Å². The second-order valence-electron chi connectivity index (χ2n) is 10.9. The maximum atomic E-state index is 14.0. The van der Waals surface area contributed by atoms with Gasteiger partial charge in [0.25, 0.3) is 5.91 Å². The Bertz CT molecular complexity index is 1570. The molecule has 8 nitrogen and oxygen atoms in total. The Morgan fingerprint density at radius 1 is 0.875 bits per heavy atom. The number of rotatable bonds is 8. The van der Waals surface area contributed by atoms with Crippen LogP contribution < -0.4 is 4.74 Å². The fraction of sp³-hybridized carbons (Fsp3) is 0.375. The van der Waals surface area contributed by atoms with Crippen LogP contribution in [0.5, 0.6) is 5.75 Å². The molecule has 2 fully saturated rings. The van der Waals surface area contributed by atoms with E-state index in [1.165, 1.54) is 32.3 Å². The highest BCUT2D eigenvalue weighted by Crippen LogP contribution is 2.39. The van der Waals surface area contributed by atoms with E-state index in [-0.39, 0.29) is 18.5 Å². The third kappa shape index (κ3) is 4.32. The average molecular weight is 541 g/mol. The first-order valence-electron chi connectivity index (χ1n) is 13.9. The Balaban J connectivity index is 1.23. The van der Waals surface area contributed by atoms with Crippen LogP contribution in [-0.2, 0) is 29.7 Å². The van der Waals surface area contributed by atoms with Crippen molar-refractivity contribution in [3.8, 4) is 5.75 Å². The van der Waals surface area contributed by atoms with Crippen LogP contribution in [0.25, 0.3) is 21.8 Å². The Labute approximate surface area is 234 Å². The van der Waals surface area contributed by atoms with Gasteiger partial charge in [-0.05, 0) is 42.2 Å². The lowest BCUT2D eigenvalue weighted by atomic mass is 9.85. The number of imide groups is 1. The summed E-state index contributed by atoms with van der Waals surface area (Å²) in [5.74, 6) is 0.601. The molecule has 1 spiro atoms. The molecule has 8 heteroatoms. The van der Waals surface area contributed by atoms with Gasteiger partial charge in [0.15, 0.2) is 0 Å². The summed E-state index contributed by atoms with van der Waals surface area (Å²) >= 11 is 0. The maximum Gasteiger partial charge on any atom is 0.328 e. The van der Waals surface area contributed by atoms with Crippen LogP contribution in [0.3, 0.4) is 0 Å². The van der Waals surface area contributed by atoms with E-state index >= 15 is 0 Å². The lowest BCUT2D eigenvalue weighted by Gasteiger charge is -2.42. The number of aryl methyl sites for hydroxylation is 1. The van der Waals surface area contributed by atoms with Crippen molar-refractivity contribution >= 4 is 33.7 Å². The lowest BCUT2D eigenvalue weighted by Crippen LogP contribution is -2.57. The number of para-hydroxylation sites is 2. The molecule has 208 valence electrons. The van der Waals surface area contributed by atoms with E-state index in [0.717, 1.165) is 25.2 Å². The zero-order valence-corrected chi connectivity index (χ0v) is 23.4. The summed E-state index contributed by atoms with van der Waals surface area (Å²) in [6.45, 7) is 3.27. The van der Waals surface area contributed by atoms with Crippen LogP contribution in [0.2, 0.25) is 0 Å². The molecule has 1 aromatic heterocycles. The number of likely N-dealkylation sites (tertiary alicyclic amines) is 1. The molecule has 6 rings (SSSR count). The zero-order valence-electron chi connectivity index (χ0n) is 23.4. The number of fused-ring (bicyclic) bond motifs is 3. The number of urea groups is 1. The van der Waals surface area contributed by atoms with Gasteiger partial charge in [-0.15, -0.1) is 0 Å². The minimum atomic E-state index is -0.837. The normalized spacial score (nSPS) is 17.6. The molecule has 3 amide bonds. The number of benzene rings is 3. The molecule has 4 aromatic rings. The summed E-state index contributed by atoms with van der Waals surface area (Å²) in [7, 11) is 5.37. The third-order valence-corrected chi connectivity index (χ3v) is 8.70. The van der Waals surface area contributed by atoms with Gasteiger partial charge in [-0.1, -0.05) is 48.5 Å². The quantitative estimate of drug-likeness (QED) is 0.301. The summed E-state index contributed by atoms with van der Waals surface area (Å²) in [5.41, 5.74) is 3.78. The van der Waals surface area contributed by atoms with E-state index in [1.807, 2.05) is 24.3 Å². The summed E-state index contributed by atoms with van der Waals surface area (Å²) < 4.78 is 13.0. The first-order chi connectivity index (χ1) is 19.5. The minimum Gasteiger partial charge on any atom is -0.497 e. The molecule has 0 bridgehead atoms. The van der Waals surface area contributed by atoms with Gasteiger partial charge in [-0.2, -0.15) is 0 Å². The highest BCUT2D eigenvalue weighted by molar-refractivity contribution is 6.09. The van der Waals surface area contributed by atoms with Gasteiger partial charge in [-0.3, -0.25) is 14.6 Å². The van der Waals surface area contributed by atoms with Crippen LogP contribution >= 0.6 is 0 Å². The number of piperidine rings is 1. The molecule has 0 N–H and O–H groups in total. The number of hydrogen-bond donors (Lipinski definition) is 0. The molecule has 3 heterocycles. The van der Waals surface area contributed by atoms with E-state index < -0.39 is 5.54 Å². The van der Waals surface area contributed by atoms with Gasteiger partial charge in [0.2, 0.25) is 0 Å². The van der Waals surface area contributed by atoms with Crippen molar-refractivity contribution in [2.45, 2.75) is 31.5 Å². The highest BCUT2D eigenvalue weighted by atomic mass is 16.5. The fourth-order valence-electron chi connectivity index (χ4n) is 6.62. The predicted molar refractivity (Wildman–Crippen MR) is 155 cm³/mol. The van der Waals surface area contributed by atoms with Crippen molar-refractivity contribution < 1.29 is 19.1 Å². The van der Waals surface area contributed by atoms with Crippen molar-refractivity contribution in [1.29, 1.82) is 0 Å². The van der Waals surface area contributed by atoms with Crippen molar-refractivity contribution in [1.82, 2.24) is 19.3 Å². The molecule has 2 aliphatic rings. The standard InChI is InChI=1S/C32H36N4O4/c1-33-28-13-5-4-11-26(28)27-12-7-9-24(29(27)33)22-34-16-14-32(15-17-34)30(37)35(31(38)36(32)18-19-39-2)21-23-8-6-10-25(20-23)40-3/h4-13,20H,14-19,21-22H2,1-3H3. The van der Waals surface area contributed by atoms with Crippen molar-refractivity contribution in [3.63, 3.8) is 0 Å². The summed E-state index contributed by atoms with van der Waals surface area (Å²) in [4.78, 5) is 33.2. The van der Waals surface area contributed by atoms with Crippen LogP contribution in [0, 0.1) is 0 Å². The molecule has 0 saturated carbocycles. The number of carbonyl (C=O) groups excluding carboxylic acids is 2. The minimum absolute atomic E-state index is 0.105. The van der Waals surface area contributed by atoms with E-state index in [9.17, 15) is 9.59 Å². The number of methoxy groups -OCH3 is 2. The van der Waals surface area contributed by atoms with Crippen LogP contribution in [-0.4, -0.2) is 77.2 Å². The number of carbonyl (C=O) groups is 2. The lowest BCUT2D eigenvalue weighted by molar-refractivity contribution is -0.136. The largest absolute Gasteiger partial charge is 0.497 e. The monoisotopic (exact) mass is 540 g/mol. The van der Waals surface area contributed by atoms with E-state index in [0.29, 0.717) is 31.7 Å². The number of hydrogen-bond acceptors (Lipinski definition) is 5. The van der Waals surface area contributed by atoms with Crippen molar-refractivity contribution in [2.75, 3.05) is 40.5 Å². The zero-order chi connectivity index (χ0) is 27.9. The topological polar surface area (TPSA) is 67.2 Å². The molecule has 3 aromatic carbocycles. The second kappa shape index (κ2) is 10.6. The molecule has 0 unspecified atom stereocenters. The van der Waals surface area contributed by atoms with Crippen LogP contribution in [0.1, 0.15) is 24.0 Å². The average Bonchev–Trinajstić information content (AvgIpc) is 3.38. The van der Waals surface area contributed by atoms with E-state index in [2.05, 4.69) is 59.0 Å². The Morgan fingerprint density at radius 3 is 2.40 bits per heavy atom. The molecular formula is C32H36N4O4. The number of amides is 3. The van der Waals surface area contributed by atoms with Gasteiger partial charge in [-0.25, -0.2) is 4.79 Å². The van der Waals surface area contributed by atoms with Gasteiger partial charge in [0.1, 0.15) is 11.3 Å². The molecule has 2 saturated heterocycles. The molecule has 0 radical (unpaired) electrons. The number of aromatic nitrogens is 1. The first kappa shape index (κ1) is 26.3. The molecular weight excluding hydrogens is 504 g/mol. The Hall–Kier alpha value is -3.88. The Morgan fingerprint density at radius 2 is 1.62 bits per heavy atom. The van der Waals surface area contributed by atoms with Gasteiger partial charge in [0, 0.05) is 56.6 Å². The third-order valence-electron chi connectivity index (χ3n) is 8.70. The van der Waals surface area contributed by atoms with Crippen molar-refractivity contribution in [3.05, 3.63) is 77.9 Å². The number of nitrogens with zero attached hydrogens (tertiary/aromatic N) is 4. The smallest absolute Gasteiger partial charge is 0.328 e. The predicted octanol–water partition coefficient (Wildman–Crippen LogP) is 4.79. The fourth-order valence-corrected chi connectivity index (χ4v) is 6.62. The number of ether oxygens (including phenoxy) is 2. The second-order valence-corrected chi connectivity index (χ2v) is 10.9. The van der Waals surface area contributed by atoms with Crippen LogP contribution in [0.15, 0.2) is 66.7 Å². The van der Waals surface area contributed by atoms with E-state index in [4.69, 9.17) is 9.47 Å². The van der Waals surface area contributed by atoms with Gasteiger partial charge >= 0.3 is 6.03 Å². The molecule has 0 aliphatic carbocycles. The van der Waals surface area contributed by atoms with E-state index in [1.54, 1.807) is 19.1 Å². The SMILES string of the molecule is COCCN1C(=O)N(Cc2cccc(OC)c2)C(=O)C12CCN(Cc1cccc3c4ccccc4n(C)c13)CC2. The Kier molecular flexibility index (Phi) is 6.98. The first-order valence-corrected chi connectivity index (χ1v) is 13.9. The summed E-state index contributed by atoms with van der Waals surface area (Å²) in [6, 6.07) is 22.4.